The Morgan fingerprint density at radius 1 is 0.947 bits per heavy atom. The molecule has 1 unspecified atom stereocenters. The van der Waals surface area contributed by atoms with Gasteiger partial charge in [0.1, 0.15) is 5.41 Å². The second-order valence-corrected chi connectivity index (χ2v) is 4.79. The van der Waals surface area contributed by atoms with E-state index in [1.165, 1.54) is 0 Å². The highest BCUT2D eigenvalue weighted by molar-refractivity contribution is 6.14. The molecular formula is C17H14O2. The van der Waals surface area contributed by atoms with Gasteiger partial charge in [0.2, 0.25) is 0 Å². The molecular weight excluding hydrogens is 236 g/mol. The molecule has 0 radical (unpaired) electrons. The quantitative estimate of drug-likeness (QED) is 0.905. The van der Waals surface area contributed by atoms with Crippen molar-refractivity contribution in [2.24, 2.45) is 0 Å². The van der Waals surface area contributed by atoms with Gasteiger partial charge in [-0.1, -0.05) is 60.7 Å². The highest BCUT2D eigenvalue weighted by atomic mass is 16.4. The first kappa shape index (κ1) is 11.7. The summed E-state index contributed by atoms with van der Waals surface area (Å²) < 4.78 is 0. The van der Waals surface area contributed by atoms with Crippen LogP contribution in [0.2, 0.25) is 0 Å². The van der Waals surface area contributed by atoms with Crippen LogP contribution in [0.4, 0.5) is 0 Å². The summed E-state index contributed by atoms with van der Waals surface area (Å²) in [6.07, 6.45) is 0. The monoisotopic (exact) mass is 250 g/mol. The fourth-order valence-corrected chi connectivity index (χ4v) is 2.88. The third-order valence-electron chi connectivity index (χ3n) is 3.84. The fraction of sp³-hybridized carbons (Fsp3) is 0.118. The van der Waals surface area contributed by atoms with Crippen molar-refractivity contribution in [1.82, 2.24) is 0 Å². The Kier molecular flexibility index (Phi) is 2.53. The van der Waals surface area contributed by atoms with E-state index in [1.807, 2.05) is 67.6 Å². The summed E-state index contributed by atoms with van der Waals surface area (Å²) in [5.74, 6) is -0.796. The Hall–Kier alpha value is -2.35. The number of benzene rings is 2. The van der Waals surface area contributed by atoms with Crippen LogP contribution >= 0.6 is 0 Å². The van der Waals surface area contributed by atoms with Crippen molar-refractivity contribution in [3.8, 4) is 0 Å². The molecule has 0 saturated carbocycles. The zero-order valence-corrected chi connectivity index (χ0v) is 10.6. The van der Waals surface area contributed by atoms with Crippen LogP contribution in [-0.4, -0.2) is 11.1 Å². The van der Waals surface area contributed by atoms with Crippen molar-refractivity contribution in [2.45, 2.75) is 12.3 Å². The van der Waals surface area contributed by atoms with E-state index in [1.54, 1.807) is 0 Å². The van der Waals surface area contributed by atoms with Gasteiger partial charge in [-0.25, -0.2) is 0 Å². The highest BCUT2D eigenvalue weighted by Crippen LogP contribution is 2.59. The molecule has 2 heteroatoms. The Balaban J connectivity index is 2.11. The largest absolute Gasteiger partial charge is 0.480 e. The second-order valence-electron chi connectivity index (χ2n) is 4.79. The van der Waals surface area contributed by atoms with Gasteiger partial charge in [0.25, 0.3) is 0 Å². The lowest BCUT2D eigenvalue weighted by Crippen LogP contribution is -2.25. The minimum absolute atomic E-state index is 0.796. The van der Waals surface area contributed by atoms with E-state index in [2.05, 4.69) is 0 Å². The predicted octanol–water partition coefficient (Wildman–Crippen LogP) is 3.50. The molecule has 2 nitrogen and oxygen atoms in total. The van der Waals surface area contributed by atoms with Crippen molar-refractivity contribution in [1.29, 1.82) is 0 Å². The molecule has 0 aliphatic heterocycles. The fourth-order valence-electron chi connectivity index (χ4n) is 2.88. The number of rotatable bonds is 3. The van der Waals surface area contributed by atoms with Gasteiger partial charge in [-0.2, -0.15) is 0 Å². The lowest BCUT2D eigenvalue weighted by Gasteiger charge is -2.15. The summed E-state index contributed by atoms with van der Waals surface area (Å²) in [5, 5.41) is 9.72. The van der Waals surface area contributed by atoms with Crippen LogP contribution in [0.3, 0.4) is 0 Å². The molecule has 1 N–H and O–H groups in total. The summed E-state index contributed by atoms with van der Waals surface area (Å²) in [6, 6.07) is 19.2. The van der Waals surface area contributed by atoms with Crippen LogP contribution in [0.15, 0.2) is 66.2 Å². The van der Waals surface area contributed by atoms with Crippen LogP contribution in [0.5, 0.6) is 0 Å². The van der Waals surface area contributed by atoms with Gasteiger partial charge in [0, 0.05) is 0 Å². The minimum Gasteiger partial charge on any atom is -0.480 e. The van der Waals surface area contributed by atoms with Gasteiger partial charge >= 0.3 is 5.97 Å². The zero-order chi connectivity index (χ0) is 13.5. The van der Waals surface area contributed by atoms with E-state index >= 15 is 0 Å². The van der Waals surface area contributed by atoms with Gasteiger partial charge < -0.3 is 5.11 Å². The number of carboxylic acids is 1. The van der Waals surface area contributed by atoms with E-state index in [0.717, 1.165) is 22.3 Å². The van der Waals surface area contributed by atoms with E-state index < -0.39 is 11.4 Å². The Bertz CT molecular complexity index is 656. The van der Waals surface area contributed by atoms with Crippen LogP contribution in [0, 0.1) is 0 Å². The first-order valence-corrected chi connectivity index (χ1v) is 6.25. The molecule has 0 spiro atoms. The topological polar surface area (TPSA) is 37.3 Å². The predicted molar refractivity (Wildman–Crippen MR) is 74.8 cm³/mol. The van der Waals surface area contributed by atoms with Crippen molar-refractivity contribution in [3.05, 3.63) is 77.4 Å². The van der Waals surface area contributed by atoms with Crippen LogP contribution in [-0.2, 0) is 10.2 Å². The number of hydrogen-bond donors (Lipinski definition) is 1. The van der Waals surface area contributed by atoms with E-state index in [-0.39, 0.29) is 0 Å². The summed E-state index contributed by atoms with van der Waals surface area (Å²) in [7, 11) is 0. The summed E-state index contributed by atoms with van der Waals surface area (Å²) in [6.45, 7) is 1.91. The molecule has 1 atom stereocenters. The molecule has 0 saturated heterocycles. The number of aliphatic carboxylic acids is 1. The maximum atomic E-state index is 11.8. The van der Waals surface area contributed by atoms with E-state index in [0.29, 0.717) is 0 Å². The van der Waals surface area contributed by atoms with Crippen molar-refractivity contribution >= 4 is 11.5 Å². The van der Waals surface area contributed by atoms with Gasteiger partial charge in [0.15, 0.2) is 0 Å². The first-order chi connectivity index (χ1) is 9.19. The lowest BCUT2D eigenvalue weighted by molar-refractivity contribution is -0.139. The van der Waals surface area contributed by atoms with Crippen LogP contribution < -0.4 is 0 Å². The Morgan fingerprint density at radius 2 is 1.47 bits per heavy atom. The Labute approximate surface area is 112 Å². The third-order valence-corrected chi connectivity index (χ3v) is 3.84. The third kappa shape index (κ3) is 1.53. The van der Waals surface area contributed by atoms with Crippen molar-refractivity contribution < 1.29 is 9.90 Å². The maximum absolute atomic E-state index is 11.8. The molecule has 0 amide bonds. The van der Waals surface area contributed by atoms with Gasteiger partial charge in [-0.3, -0.25) is 4.79 Å². The standard InChI is InChI=1S/C17H14O2/c1-12-15(13-8-4-2-5-9-13)17(12,16(18)19)14-10-6-3-7-11-14/h2-11H,1H3,(H,18,19). The molecule has 19 heavy (non-hydrogen) atoms. The molecule has 0 aromatic heterocycles. The zero-order valence-electron chi connectivity index (χ0n) is 10.6. The van der Waals surface area contributed by atoms with Crippen LogP contribution in [0.1, 0.15) is 18.1 Å². The summed E-state index contributed by atoms with van der Waals surface area (Å²) in [4.78, 5) is 11.8. The minimum atomic E-state index is -0.928. The number of carbonyl (C=O) groups is 1. The first-order valence-electron chi connectivity index (χ1n) is 6.25. The molecule has 2 aromatic carbocycles. The molecule has 0 fully saturated rings. The van der Waals surface area contributed by atoms with E-state index in [9.17, 15) is 9.90 Å². The molecule has 1 aliphatic rings. The van der Waals surface area contributed by atoms with Gasteiger partial charge in [-0.15, -0.1) is 0 Å². The average molecular weight is 250 g/mol. The van der Waals surface area contributed by atoms with Crippen LogP contribution in [0.25, 0.3) is 5.57 Å². The van der Waals surface area contributed by atoms with E-state index in [4.69, 9.17) is 0 Å². The lowest BCUT2D eigenvalue weighted by atomic mass is 9.86. The van der Waals surface area contributed by atoms with Crippen molar-refractivity contribution in [3.63, 3.8) is 0 Å². The smallest absolute Gasteiger partial charge is 0.322 e. The normalized spacial score (nSPS) is 21.3. The molecule has 94 valence electrons. The average Bonchev–Trinajstić information content (AvgIpc) is 3.08. The van der Waals surface area contributed by atoms with Gasteiger partial charge in [0.05, 0.1) is 0 Å². The molecule has 0 bridgehead atoms. The maximum Gasteiger partial charge on any atom is 0.322 e. The number of hydrogen-bond acceptors (Lipinski definition) is 1. The SMILES string of the molecule is CC1=C(c2ccccc2)C1(C(=O)O)c1ccccc1. The molecule has 1 aliphatic carbocycles. The second kappa shape index (κ2) is 4.09. The van der Waals surface area contributed by atoms with Crippen molar-refractivity contribution in [2.75, 3.05) is 0 Å². The Morgan fingerprint density at radius 3 is 2.00 bits per heavy atom. The molecule has 0 heterocycles. The summed E-state index contributed by atoms with van der Waals surface area (Å²) in [5.41, 5.74) is 2.75. The summed E-state index contributed by atoms with van der Waals surface area (Å²) >= 11 is 0. The highest BCUT2D eigenvalue weighted by Gasteiger charge is 2.58. The number of carboxylic acid groups (broad SMARTS) is 1. The molecule has 3 rings (SSSR count). The van der Waals surface area contributed by atoms with Gasteiger partial charge in [-0.05, 0) is 29.2 Å². The molecule has 2 aromatic rings.